The summed E-state index contributed by atoms with van der Waals surface area (Å²) < 4.78 is 5.73. The third-order valence-electron chi connectivity index (χ3n) is 4.33. The molecule has 5 nitrogen and oxygen atoms in total. The van der Waals surface area contributed by atoms with Crippen LogP contribution in [0.2, 0.25) is 0 Å². The Kier molecular flexibility index (Phi) is 13.4. The lowest BCUT2D eigenvalue weighted by Crippen LogP contribution is -2.38. The molecule has 1 aromatic rings. The SMILES string of the molecule is CCNC(=NCC(CCO)CC(C)C)NCCCOCCc1ccccc1. The van der Waals surface area contributed by atoms with E-state index < -0.39 is 0 Å². The van der Waals surface area contributed by atoms with Gasteiger partial charge in [0.25, 0.3) is 0 Å². The summed E-state index contributed by atoms with van der Waals surface area (Å²) >= 11 is 0. The number of nitrogens with one attached hydrogen (secondary N) is 2. The smallest absolute Gasteiger partial charge is 0.191 e. The van der Waals surface area contributed by atoms with E-state index >= 15 is 0 Å². The Morgan fingerprint density at radius 2 is 1.93 bits per heavy atom. The average Bonchev–Trinajstić information content (AvgIpc) is 2.65. The molecule has 0 bridgehead atoms. The van der Waals surface area contributed by atoms with Gasteiger partial charge in [-0.1, -0.05) is 44.2 Å². The summed E-state index contributed by atoms with van der Waals surface area (Å²) in [5, 5.41) is 15.9. The van der Waals surface area contributed by atoms with Crippen molar-refractivity contribution in [1.29, 1.82) is 0 Å². The molecule has 1 atom stereocenters. The minimum atomic E-state index is 0.233. The lowest BCUT2D eigenvalue weighted by atomic mass is 9.94. The maximum atomic E-state index is 9.24. The number of ether oxygens (including phenoxy) is 1. The van der Waals surface area contributed by atoms with Crippen molar-refractivity contribution in [1.82, 2.24) is 10.6 Å². The first-order valence-corrected chi connectivity index (χ1v) is 10.4. The Labute approximate surface area is 165 Å². The van der Waals surface area contributed by atoms with Gasteiger partial charge in [0.2, 0.25) is 0 Å². The summed E-state index contributed by atoms with van der Waals surface area (Å²) in [7, 11) is 0. The molecule has 154 valence electrons. The van der Waals surface area contributed by atoms with E-state index in [4.69, 9.17) is 9.73 Å². The second kappa shape index (κ2) is 15.5. The van der Waals surface area contributed by atoms with Gasteiger partial charge in [0.15, 0.2) is 5.96 Å². The number of hydrogen-bond acceptors (Lipinski definition) is 3. The van der Waals surface area contributed by atoms with Crippen LogP contribution in [0.1, 0.15) is 45.6 Å². The molecule has 0 spiro atoms. The molecule has 0 radical (unpaired) electrons. The second-order valence-corrected chi connectivity index (χ2v) is 7.36. The van der Waals surface area contributed by atoms with Crippen molar-refractivity contribution >= 4 is 5.96 Å². The molecule has 0 saturated heterocycles. The quantitative estimate of drug-likeness (QED) is 0.265. The average molecular weight is 378 g/mol. The summed E-state index contributed by atoms with van der Waals surface area (Å²) in [6.07, 6.45) is 3.82. The summed E-state index contributed by atoms with van der Waals surface area (Å²) in [5.41, 5.74) is 1.32. The molecule has 0 aliphatic rings. The molecule has 1 aromatic carbocycles. The van der Waals surface area contributed by atoms with E-state index in [0.717, 1.165) is 64.5 Å². The van der Waals surface area contributed by atoms with Gasteiger partial charge in [0.05, 0.1) is 6.61 Å². The molecule has 3 N–H and O–H groups in total. The van der Waals surface area contributed by atoms with Crippen molar-refractivity contribution in [3.8, 4) is 0 Å². The van der Waals surface area contributed by atoms with Gasteiger partial charge in [-0.25, -0.2) is 0 Å². The van der Waals surface area contributed by atoms with Gasteiger partial charge >= 0.3 is 0 Å². The maximum absolute atomic E-state index is 9.24. The van der Waals surface area contributed by atoms with Crippen LogP contribution >= 0.6 is 0 Å². The van der Waals surface area contributed by atoms with Gasteiger partial charge in [-0.05, 0) is 50.0 Å². The van der Waals surface area contributed by atoms with Crippen molar-refractivity contribution in [2.75, 3.05) is 39.5 Å². The van der Waals surface area contributed by atoms with Crippen LogP contribution in [0.4, 0.5) is 0 Å². The van der Waals surface area contributed by atoms with Crippen molar-refractivity contribution < 1.29 is 9.84 Å². The topological polar surface area (TPSA) is 65.9 Å². The second-order valence-electron chi connectivity index (χ2n) is 7.36. The Morgan fingerprint density at radius 1 is 1.15 bits per heavy atom. The van der Waals surface area contributed by atoms with Crippen LogP contribution in [-0.4, -0.2) is 50.5 Å². The van der Waals surface area contributed by atoms with Crippen LogP contribution in [0.3, 0.4) is 0 Å². The number of guanidine groups is 1. The zero-order chi connectivity index (χ0) is 19.7. The molecule has 0 saturated carbocycles. The van der Waals surface area contributed by atoms with E-state index in [-0.39, 0.29) is 6.61 Å². The molecule has 0 aromatic heterocycles. The fourth-order valence-corrected chi connectivity index (χ4v) is 3.01. The van der Waals surface area contributed by atoms with Crippen LogP contribution in [-0.2, 0) is 11.2 Å². The number of aliphatic hydroxyl groups is 1. The standard InChI is InChI=1S/C22H39N3O2/c1-4-23-22(25-18-21(11-14-26)17-19(2)3)24-13-8-15-27-16-12-20-9-6-5-7-10-20/h5-7,9-10,19,21,26H,4,8,11-18H2,1-3H3,(H2,23,24,25). The first-order chi connectivity index (χ1) is 13.2. The predicted molar refractivity (Wildman–Crippen MR) is 114 cm³/mol. The summed E-state index contributed by atoms with van der Waals surface area (Å²) in [6, 6.07) is 10.4. The van der Waals surface area contributed by atoms with Gasteiger partial charge in [0.1, 0.15) is 0 Å². The molecule has 5 heteroatoms. The first kappa shape index (κ1) is 23.4. The maximum Gasteiger partial charge on any atom is 0.191 e. The van der Waals surface area contributed by atoms with Crippen LogP contribution in [0.25, 0.3) is 0 Å². The minimum Gasteiger partial charge on any atom is -0.396 e. The monoisotopic (exact) mass is 377 g/mol. The third kappa shape index (κ3) is 12.4. The molecule has 0 aliphatic heterocycles. The number of aliphatic hydroxyl groups excluding tert-OH is 1. The molecule has 0 aliphatic carbocycles. The van der Waals surface area contributed by atoms with Crippen molar-refractivity contribution in [2.24, 2.45) is 16.8 Å². The van der Waals surface area contributed by atoms with E-state index in [1.54, 1.807) is 0 Å². The Morgan fingerprint density at radius 3 is 2.59 bits per heavy atom. The van der Waals surface area contributed by atoms with E-state index in [1.807, 2.05) is 6.07 Å². The normalized spacial score (nSPS) is 13.0. The molecule has 0 fully saturated rings. The van der Waals surface area contributed by atoms with E-state index in [9.17, 15) is 5.11 Å². The van der Waals surface area contributed by atoms with E-state index in [2.05, 4.69) is 55.7 Å². The van der Waals surface area contributed by atoms with Gasteiger partial charge in [0, 0.05) is 32.8 Å². The zero-order valence-electron chi connectivity index (χ0n) is 17.4. The van der Waals surface area contributed by atoms with Crippen LogP contribution < -0.4 is 10.6 Å². The molecule has 0 amide bonds. The molecule has 27 heavy (non-hydrogen) atoms. The number of aliphatic imine (C=N–C) groups is 1. The minimum absolute atomic E-state index is 0.233. The van der Waals surface area contributed by atoms with Crippen molar-refractivity contribution in [3.05, 3.63) is 35.9 Å². The fraction of sp³-hybridized carbons (Fsp3) is 0.682. The van der Waals surface area contributed by atoms with Crippen LogP contribution in [0, 0.1) is 11.8 Å². The number of nitrogens with zero attached hydrogens (tertiary/aromatic N) is 1. The summed E-state index contributed by atoms with van der Waals surface area (Å²) in [4.78, 5) is 4.70. The van der Waals surface area contributed by atoms with E-state index in [1.165, 1.54) is 5.56 Å². The molecule has 0 heterocycles. The highest BCUT2D eigenvalue weighted by atomic mass is 16.5. The number of rotatable bonds is 14. The molecular formula is C22H39N3O2. The van der Waals surface area contributed by atoms with Gasteiger partial charge < -0.3 is 20.5 Å². The highest BCUT2D eigenvalue weighted by Gasteiger charge is 2.10. The van der Waals surface area contributed by atoms with Crippen molar-refractivity contribution in [3.63, 3.8) is 0 Å². The molecule has 1 rings (SSSR count). The fourth-order valence-electron chi connectivity index (χ4n) is 3.01. The molecular weight excluding hydrogens is 338 g/mol. The van der Waals surface area contributed by atoms with Crippen LogP contribution in [0.15, 0.2) is 35.3 Å². The highest BCUT2D eigenvalue weighted by Crippen LogP contribution is 2.15. The Balaban J connectivity index is 2.22. The van der Waals surface area contributed by atoms with Gasteiger partial charge in [-0.3, -0.25) is 4.99 Å². The van der Waals surface area contributed by atoms with Crippen LogP contribution in [0.5, 0.6) is 0 Å². The zero-order valence-corrected chi connectivity index (χ0v) is 17.4. The Hall–Kier alpha value is -1.59. The lowest BCUT2D eigenvalue weighted by Gasteiger charge is -2.17. The molecule has 1 unspecified atom stereocenters. The largest absolute Gasteiger partial charge is 0.396 e. The van der Waals surface area contributed by atoms with Crippen molar-refractivity contribution in [2.45, 2.75) is 46.5 Å². The van der Waals surface area contributed by atoms with Gasteiger partial charge in [-0.2, -0.15) is 0 Å². The van der Waals surface area contributed by atoms with E-state index in [0.29, 0.717) is 11.8 Å². The van der Waals surface area contributed by atoms with Gasteiger partial charge in [-0.15, -0.1) is 0 Å². The summed E-state index contributed by atoms with van der Waals surface area (Å²) in [5.74, 6) is 1.92. The highest BCUT2D eigenvalue weighted by molar-refractivity contribution is 5.79. The lowest BCUT2D eigenvalue weighted by molar-refractivity contribution is 0.135. The Bertz CT molecular complexity index is 492. The number of benzene rings is 1. The first-order valence-electron chi connectivity index (χ1n) is 10.4. The number of hydrogen-bond donors (Lipinski definition) is 3. The summed E-state index contributed by atoms with van der Waals surface area (Å²) in [6.45, 7) is 10.7. The third-order valence-corrected chi connectivity index (χ3v) is 4.33. The predicted octanol–water partition coefficient (Wildman–Crippen LogP) is 3.24.